The lowest BCUT2D eigenvalue weighted by Crippen LogP contribution is -2.33. The van der Waals surface area contributed by atoms with E-state index >= 15 is 0 Å². The molecular weight excluding hydrogens is 224 g/mol. The molecule has 1 heterocycles. The number of aromatic nitrogens is 1. The predicted molar refractivity (Wildman–Crippen MR) is 59.3 cm³/mol. The smallest absolute Gasteiger partial charge is 0.339 e. The number of esters is 2. The minimum absolute atomic E-state index is 0.254. The molecule has 0 amide bonds. The summed E-state index contributed by atoms with van der Waals surface area (Å²) in [6.45, 7) is 0. The third-order valence-electron chi connectivity index (χ3n) is 2.18. The van der Waals surface area contributed by atoms with E-state index in [-0.39, 0.29) is 6.42 Å². The molecule has 0 spiro atoms. The fourth-order valence-corrected chi connectivity index (χ4v) is 1.32. The average molecular weight is 238 g/mol. The first-order valence-corrected chi connectivity index (χ1v) is 4.94. The van der Waals surface area contributed by atoms with E-state index in [9.17, 15) is 9.59 Å². The summed E-state index contributed by atoms with van der Waals surface area (Å²) >= 11 is 0. The van der Waals surface area contributed by atoms with E-state index < -0.39 is 18.0 Å². The summed E-state index contributed by atoms with van der Waals surface area (Å²) in [5, 5.41) is 0. The van der Waals surface area contributed by atoms with Crippen LogP contribution in [0.1, 0.15) is 15.9 Å². The highest BCUT2D eigenvalue weighted by atomic mass is 16.5. The quantitative estimate of drug-likeness (QED) is 0.737. The first kappa shape index (κ1) is 13.1. The number of hydrogen-bond acceptors (Lipinski definition) is 6. The van der Waals surface area contributed by atoms with E-state index in [1.165, 1.54) is 26.6 Å². The Hall–Kier alpha value is -1.95. The molecule has 2 N–H and O–H groups in total. The van der Waals surface area contributed by atoms with Crippen molar-refractivity contribution in [2.24, 2.45) is 5.73 Å². The summed E-state index contributed by atoms with van der Waals surface area (Å²) in [4.78, 5) is 26.3. The summed E-state index contributed by atoms with van der Waals surface area (Å²) < 4.78 is 9.07. The van der Waals surface area contributed by atoms with Crippen molar-refractivity contribution in [2.75, 3.05) is 14.2 Å². The Bertz CT molecular complexity index is 420. The van der Waals surface area contributed by atoms with Crippen LogP contribution in [-0.2, 0) is 20.7 Å². The van der Waals surface area contributed by atoms with Gasteiger partial charge in [0, 0.05) is 12.4 Å². The monoisotopic (exact) mass is 238 g/mol. The molecular formula is C11H14N2O4. The molecule has 1 rings (SSSR count). The van der Waals surface area contributed by atoms with Crippen molar-refractivity contribution in [1.82, 2.24) is 4.98 Å². The molecule has 0 aliphatic heterocycles. The topological polar surface area (TPSA) is 91.5 Å². The SMILES string of the molecule is COC(=O)c1cncc(C[C@@H](N)C(=O)OC)c1. The number of carbonyl (C=O) groups excluding carboxylic acids is 2. The second-order valence-corrected chi connectivity index (χ2v) is 3.41. The van der Waals surface area contributed by atoms with Crippen LogP contribution in [0.4, 0.5) is 0 Å². The normalized spacial score (nSPS) is 11.7. The van der Waals surface area contributed by atoms with E-state index in [1.54, 1.807) is 6.07 Å². The van der Waals surface area contributed by atoms with Crippen LogP contribution in [0.25, 0.3) is 0 Å². The van der Waals surface area contributed by atoms with Crippen molar-refractivity contribution in [2.45, 2.75) is 12.5 Å². The van der Waals surface area contributed by atoms with Gasteiger partial charge in [-0.3, -0.25) is 9.78 Å². The van der Waals surface area contributed by atoms with Crippen molar-refractivity contribution in [3.05, 3.63) is 29.6 Å². The van der Waals surface area contributed by atoms with Crippen LogP contribution in [0.2, 0.25) is 0 Å². The van der Waals surface area contributed by atoms with Gasteiger partial charge < -0.3 is 15.2 Å². The Morgan fingerprint density at radius 2 is 2.06 bits per heavy atom. The molecule has 1 aromatic rings. The van der Waals surface area contributed by atoms with Crippen molar-refractivity contribution in [1.29, 1.82) is 0 Å². The molecule has 1 aromatic heterocycles. The molecule has 0 radical (unpaired) electrons. The second kappa shape index (κ2) is 5.95. The Morgan fingerprint density at radius 3 is 2.65 bits per heavy atom. The van der Waals surface area contributed by atoms with E-state index in [4.69, 9.17) is 5.73 Å². The van der Waals surface area contributed by atoms with Crippen LogP contribution < -0.4 is 5.73 Å². The highest BCUT2D eigenvalue weighted by molar-refractivity contribution is 5.89. The predicted octanol–water partition coefficient (Wildman–Crippen LogP) is -0.0890. The van der Waals surface area contributed by atoms with Crippen LogP contribution in [0.15, 0.2) is 18.5 Å². The number of rotatable bonds is 4. The molecule has 92 valence electrons. The van der Waals surface area contributed by atoms with E-state index in [2.05, 4.69) is 14.5 Å². The molecule has 0 aliphatic rings. The largest absolute Gasteiger partial charge is 0.468 e. The van der Waals surface area contributed by atoms with Gasteiger partial charge in [0.25, 0.3) is 0 Å². The molecule has 6 heteroatoms. The van der Waals surface area contributed by atoms with Gasteiger partial charge in [-0.1, -0.05) is 0 Å². The van der Waals surface area contributed by atoms with Crippen LogP contribution >= 0.6 is 0 Å². The number of ether oxygens (including phenoxy) is 2. The summed E-state index contributed by atoms with van der Waals surface area (Å²) in [6, 6.07) is 0.816. The third kappa shape index (κ3) is 3.53. The van der Waals surface area contributed by atoms with E-state index in [0.717, 1.165) is 0 Å². The molecule has 0 aromatic carbocycles. The van der Waals surface area contributed by atoms with Gasteiger partial charge >= 0.3 is 11.9 Å². The number of nitrogens with two attached hydrogens (primary N) is 1. The summed E-state index contributed by atoms with van der Waals surface area (Å²) in [5.74, 6) is -0.987. The highest BCUT2D eigenvalue weighted by Gasteiger charge is 2.15. The van der Waals surface area contributed by atoms with Gasteiger partial charge in [-0.25, -0.2) is 4.79 Å². The zero-order chi connectivity index (χ0) is 12.8. The average Bonchev–Trinajstić information content (AvgIpc) is 2.37. The van der Waals surface area contributed by atoms with Gasteiger partial charge in [-0.15, -0.1) is 0 Å². The molecule has 0 unspecified atom stereocenters. The van der Waals surface area contributed by atoms with Crippen LogP contribution in [0, 0.1) is 0 Å². The van der Waals surface area contributed by atoms with Gasteiger partial charge in [0.15, 0.2) is 0 Å². The molecule has 0 saturated heterocycles. The Balaban J connectivity index is 2.79. The van der Waals surface area contributed by atoms with Crippen molar-refractivity contribution in [3.8, 4) is 0 Å². The maximum atomic E-state index is 11.3. The van der Waals surface area contributed by atoms with E-state index in [1.807, 2.05) is 0 Å². The number of hydrogen-bond donors (Lipinski definition) is 1. The van der Waals surface area contributed by atoms with E-state index in [0.29, 0.717) is 11.1 Å². The first-order chi connectivity index (χ1) is 8.08. The Labute approximate surface area is 98.7 Å². The third-order valence-corrected chi connectivity index (χ3v) is 2.18. The second-order valence-electron chi connectivity index (χ2n) is 3.41. The van der Waals surface area contributed by atoms with Crippen molar-refractivity contribution < 1.29 is 19.1 Å². The minimum Gasteiger partial charge on any atom is -0.468 e. The summed E-state index contributed by atoms with van der Waals surface area (Å²) in [7, 11) is 2.56. The van der Waals surface area contributed by atoms with Gasteiger partial charge in [0.1, 0.15) is 6.04 Å². The lowest BCUT2D eigenvalue weighted by molar-refractivity contribution is -0.142. The zero-order valence-electron chi connectivity index (χ0n) is 9.67. The summed E-state index contributed by atoms with van der Waals surface area (Å²) in [5.41, 5.74) is 6.59. The van der Waals surface area contributed by atoms with Crippen molar-refractivity contribution in [3.63, 3.8) is 0 Å². The molecule has 0 aliphatic carbocycles. The fourth-order valence-electron chi connectivity index (χ4n) is 1.32. The number of carbonyl (C=O) groups is 2. The van der Waals surface area contributed by atoms with Gasteiger partial charge in [0.2, 0.25) is 0 Å². The van der Waals surface area contributed by atoms with Crippen molar-refractivity contribution >= 4 is 11.9 Å². The van der Waals surface area contributed by atoms with Crippen LogP contribution in [0.3, 0.4) is 0 Å². The molecule has 17 heavy (non-hydrogen) atoms. The van der Waals surface area contributed by atoms with Gasteiger partial charge in [-0.05, 0) is 18.1 Å². The maximum absolute atomic E-state index is 11.3. The Morgan fingerprint density at radius 1 is 1.35 bits per heavy atom. The Kier molecular flexibility index (Phi) is 4.59. The fraction of sp³-hybridized carbons (Fsp3) is 0.364. The van der Waals surface area contributed by atoms with Crippen LogP contribution in [-0.4, -0.2) is 37.2 Å². The molecule has 0 saturated carbocycles. The number of methoxy groups -OCH3 is 2. The standard InChI is InChI=1S/C11H14N2O4/c1-16-10(14)8-3-7(5-13-6-8)4-9(12)11(15)17-2/h3,5-6,9H,4,12H2,1-2H3/t9-/m1/s1. The highest BCUT2D eigenvalue weighted by Crippen LogP contribution is 2.06. The molecule has 0 bridgehead atoms. The molecule has 1 atom stereocenters. The number of nitrogens with zero attached hydrogens (tertiary/aromatic N) is 1. The lowest BCUT2D eigenvalue weighted by atomic mass is 10.1. The van der Waals surface area contributed by atoms with Gasteiger partial charge in [-0.2, -0.15) is 0 Å². The molecule has 0 fully saturated rings. The number of pyridine rings is 1. The minimum atomic E-state index is -0.769. The lowest BCUT2D eigenvalue weighted by Gasteiger charge is -2.09. The van der Waals surface area contributed by atoms with Gasteiger partial charge in [0.05, 0.1) is 19.8 Å². The molecule has 6 nitrogen and oxygen atoms in total. The van der Waals surface area contributed by atoms with Crippen LogP contribution in [0.5, 0.6) is 0 Å². The first-order valence-electron chi connectivity index (χ1n) is 4.94. The zero-order valence-corrected chi connectivity index (χ0v) is 9.67. The maximum Gasteiger partial charge on any atom is 0.339 e. The summed E-state index contributed by atoms with van der Waals surface area (Å²) in [6.07, 6.45) is 3.18.